The summed E-state index contributed by atoms with van der Waals surface area (Å²) in [6.07, 6.45) is 1.67. The molecule has 30 heavy (non-hydrogen) atoms. The Bertz CT molecular complexity index is 1070. The molecule has 3 rings (SSSR count). The van der Waals surface area contributed by atoms with E-state index in [1.807, 2.05) is 42.5 Å². The molecule has 0 radical (unpaired) electrons. The maximum absolute atomic E-state index is 11.6. The lowest BCUT2D eigenvalue weighted by Gasteiger charge is -2.23. The molecule has 0 aliphatic carbocycles. The first-order valence-corrected chi connectivity index (χ1v) is 10.1. The van der Waals surface area contributed by atoms with Crippen molar-refractivity contribution in [1.29, 1.82) is 0 Å². The van der Waals surface area contributed by atoms with Crippen LogP contribution in [-0.2, 0) is 5.41 Å². The number of hydrogen-bond acceptors (Lipinski definition) is 4. The number of nitrogens with one attached hydrogen (secondary N) is 2. The molecule has 0 bridgehead atoms. The quantitative estimate of drug-likeness (QED) is 0.380. The van der Waals surface area contributed by atoms with Crippen molar-refractivity contribution in [3.63, 3.8) is 0 Å². The number of benzene rings is 2. The zero-order chi connectivity index (χ0) is 21.7. The van der Waals surface area contributed by atoms with Crippen molar-refractivity contribution in [2.24, 2.45) is 0 Å². The van der Waals surface area contributed by atoms with Crippen LogP contribution in [0.5, 0.6) is 11.6 Å². The molecule has 1 aromatic heterocycles. The molecular weight excluding hydrogens is 394 g/mol. The van der Waals surface area contributed by atoms with Crippen molar-refractivity contribution in [3.8, 4) is 11.6 Å². The smallest absolute Gasteiger partial charge is 0.243 e. The fourth-order valence-electron chi connectivity index (χ4n) is 2.95. The zero-order valence-corrected chi connectivity index (χ0v) is 18.3. The largest absolute Gasteiger partial charge is 0.437 e. The molecule has 1 heterocycles. The van der Waals surface area contributed by atoms with E-state index in [1.54, 1.807) is 18.3 Å². The van der Waals surface area contributed by atoms with Gasteiger partial charge in [0.1, 0.15) is 11.4 Å². The van der Waals surface area contributed by atoms with Crippen LogP contribution in [0.3, 0.4) is 0 Å². The van der Waals surface area contributed by atoms with E-state index in [1.165, 1.54) is 6.92 Å². The Morgan fingerprint density at radius 2 is 1.77 bits per heavy atom. The normalized spacial score (nSPS) is 10.9. The van der Waals surface area contributed by atoms with Gasteiger partial charge in [0.15, 0.2) is 10.9 Å². The molecule has 0 saturated heterocycles. The number of rotatable bonds is 5. The molecule has 0 fully saturated rings. The van der Waals surface area contributed by atoms with Gasteiger partial charge in [0.2, 0.25) is 5.88 Å². The van der Waals surface area contributed by atoms with Gasteiger partial charge >= 0.3 is 0 Å². The number of aromatic nitrogens is 1. The Morgan fingerprint density at radius 1 is 1.00 bits per heavy atom. The molecule has 0 saturated carbocycles. The number of carbonyl (C=O) groups excluding carboxylic acids is 1. The molecule has 6 heteroatoms. The van der Waals surface area contributed by atoms with Crippen LogP contribution in [0.1, 0.15) is 43.6 Å². The number of carbonyl (C=O) groups is 1. The van der Waals surface area contributed by atoms with Gasteiger partial charge < -0.3 is 15.4 Å². The molecule has 0 atom stereocenters. The first kappa shape index (κ1) is 21.5. The summed E-state index contributed by atoms with van der Waals surface area (Å²) < 4.78 is 6.16. The first-order chi connectivity index (χ1) is 14.2. The molecule has 0 aliphatic heterocycles. The number of ether oxygens (including phenoxy) is 1. The van der Waals surface area contributed by atoms with Gasteiger partial charge in [0, 0.05) is 23.0 Å². The predicted octanol–water partition coefficient (Wildman–Crippen LogP) is 6.18. The van der Waals surface area contributed by atoms with E-state index in [0.717, 1.165) is 17.0 Å². The fourth-order valence-corrected chi connectivity index (χ4v) is 3.18. The second-order valence-corrected chi connectivity index (χ2v) is 8.33. The Kier molecular flexibility index (Phi) is 6.47. The van der Waals surface area contributed by atoms with E-state index in [4.69, 9.17) is 17.0 Å². The number of hydrogen-bond donors (Lipinski definition) is 2. The second kappa shape index (κ2) is 9.05. The highest BCUT2D eigenvalue weighted by molar-refractivity contribution is 7.80. The maximum atomic E-state index is 11.6. The number of anilines is 2. The number of Topliss-reactive ketones (excluding diaryl/α,β-unsaturated/α-hetero) is 1. The maximum Gasteiger partial charge on any atom is 0.243 e. The van der Waals surface area contributed by atoms with Gasteiger partial charge in [0.05, 0.1) is 0 Å². The molecule has 154 valence electrons. The van der Waals surface area contributed by atoms with Gasteiger partial charge in [-0.3, -0.25) is 4.79 Å². The lowest BCUT2D eigenvalue weighted by Crippen LogP contribution is -2.20. The highest BCUT2D eigenvalue weighted by Crippen LogP contribution is 2.35. The zero-order valence-electron chi connectivity index (χ0n) is 17.5. The molecule has 0 aliphatic rings. The van der Waals surface area contributed by atoms with Crippen LogP contribution in [0, 0.1) is 0 Å². The van der Waals surface area contributed by atoms with Gasteiger partial charge in [0.25, 0.3) is 0 Å². The topological polar surface area (TPSA) is 63.2 Å². The number of para-hydroxylation sites is 1. The average molecular weight is 420 g/mol. The van der Waals surface area contributed by atoms with Gasteiger partial charge in [-0.2, -0.15) is 0 Å². The summed E-state index contributed by atoms with van der Waals surface area (Å²) in [4.78, 5) is 16.0. The third kappa shape index (κ3) is 5.42. The summed E-state index contributed by atoms with van der Waals surface area (Å²) in [5.74, 6) is 1.17. The van der Waals surface area contributed by atoms with Crippen LogP contribution in [0.15, 0.2) is 66.9 Å². The number of thiocarbonyl (C=S) groups is 1. The third-order valence-corrected chi connectivity index (χ3v) is 4.65. The van der Waals surface area contributed by atoms with Crippen LogP contribution in [0.25, 0.3) is 0 Å². The van der Waals surface area contributed by atoms with Gasteiger partial charge in [-0.25, -0.2) is 4.98 Å². The summed E-state index contributed by atoms with van der Waals surface area (Å²) in [7, 11) is 0. The van der Waals surface area contributed by atoms with Crippen molar-refractivity contribution in [3.05, 3.63) is 78.0 Å². The highest BCUT2D eigenvalue weighted by Gasteiger charge is 2.20. The van der Waals surface area contributed by atoms with E-state index < -0.39 is 0 Å². The summed E-state index contributed by atoms with van der Waals surface area (Å²) >= 11 is 5.45. The molecule has 2 aromatic carbocycles. The van der Waals surface area contributed by atoms with Gasteiger partial charge in [-0.05, 0) is 54.9 Å². The standard InChI is InChI=1S/C24H25N3O2S/c1-16(28)17-9-7-10-18(15-17)26-23(30)27-20-12-8-14-25-22(20)29-21-13-6-5-11-19(21)24(2,3)4/h5-15H,1-4H3,(H2,26,27,30). The van der Waals surface area contributed by atoms with Crippen LogP contribution in [-0.4, -0.2) is 15.9 Å². The summed E-state index contributed by atoms with van der Waals surface area (Å²) in [5.41, 5.74) is 3.00. The fraction of sp³-hybridized carbons (Fsp3) is 0.208. The Hall–Kier alpha value is -3.25. The number of ketones is 1. The van der Waals surface area contributed by atoms with E-state index in [2.05, 4.69) is 42.5 Å². The molecule has 2 N–H and O–H groups in total. The molecule has 0 amide bonds. The van der Waals surface area contributed by atoms with E-state index in [0.29, 0.717) is 22.2 Å². The van der Waals surface area contributed by atoms with Crippen molar-refractivity contribution < 1.29 is 9.53 Å². The minimum atomic E-state index is -0.0719. The predicted molar refractivity (Wildman–Crippen MR) is 126 cm³/mol. The lowest BCUT2D eigenvalue weighted by atomic mass is 9.86. The van der Waals surface area contributed by atoms with E-state index >= 15 is 0 Å². The van der Waals surface area contributed by atoms with Crippen LogP contribution >= 0.6 is 12.2 Å². The molecular formula is C24H25N3O2S. The minimum Gasteiger partial charge on any atom is -0.437 e. The number of nitrogens with zero attached hydrogens (tertiary/aromatic N) is 1. The van der Waals surface area contributed by atoms with E-state index in [9.17, 15) is 4.79 Å². The molecule has 5 nitrogen and oxygen atoms in total. The third-order valence-electron chi connectivity index (χ3n) is 4.45. The van der Waals surface area contributed by atoms with Crippen LogP contribution < -0.4 is 15.4 Å². The Morgan fingerprint density at radius 3 is 2.50 bits per heavy atom. The Balaban J connectivity index is 1.79. The van der Waals surface area contributed by atoms with E-state index in [-0.39, 0.29) is 11.2 Å². The van der Waals surface area contributed by atoms with Crippen molar-refractivity contribution in [2.75, 3.05) is 10.6 Å². The molecule has 0 unspecified atom stereocenters. The second-order valence-electron chi connectivity index (χ2n) is 7.92. The van der Waals surface area contributed by atoms with Gasteiger partial charge in [-0.1, -0.05) is 51.1 Å². The molecule has 0 spiro atoms. The van der Waals surface area contributed by atoms with Gasteiger partial charge in [-0.15, -0.1) is 0 Å². The SMILES string of the molecule is CC(=O)c1cccc(NC(=S)Nc2cccnc2Oc2ccccc2C(C)(C)C)c1. The summed E-state index contributed by atoms with van der Waals surface area (Å²) in [5, 5.41) is 6.60. The van der Waals surface area contributed by atoms with Crippen molar-refractivity contribution in [2.45, 2.75) is 33.1 Å². The lowest BCUT2D eigenvalue weighted by molar-refractivity contribution is 0.101. The van der Waals surface area contributed by atoms with Crippen LogP contribution in [0.2, 0.25) is 0 Å². The minimum absolute atomic E-state index is 0.00186. The summed E-state index contributed by atoms with van der Waals surface area (Å²) in [6, 6.07) is 18.8. The highest BCUT2D eigenvalue weighted by atomic mass is 32.1. The summed E-state index contributed by atoms with van der Waals surface area (Å²) in [6.45, 7) is 7.95. The first-order valence-electron chi connectivity index (χ1n) is 9.65. The van der Waals surface area contributed by atoms with Crippen molar-refractivity contribution in [1.82, 2.24) is 4.98 Å². The van der Waals surface area contributed by atoms with Crippen LogP contribution in [0.4, 0.5) is 11.4 Å². The van der Waals surface area contributed by atoms with Crippen molar-refractivity contribution >= 4 is 34.5 Å². The Labute approximate surface area is 182 Å². The number of pyridine rings is 1. The molecule has 3 aromatic rings. The average Bonchev–Trinajstić information content (AvgIpc) is 2.69. The monoisotopic (exact) mass is 419 g/mol.